The van der Waals surface area contributed by atoms with Crippen LogP contribution in [0.3, 0.4) is 0 Å². The molecule has 0 aromatic carbocycles. The van der Waals surface area contributed by atoms with Crippen LogP contribution in [0.25, 0.3) is 0 Å². The molecule has 0 radical (unpaired) electrons. The molecule has 0 saturated carbocycles. The molecule has 0 nitrogen and oxygen atoms in total. The van der Waals surface area contributed by atoms with Gasteiger partial charge < -0.3 is 0 Å². The van der Waals surface area contributed by atoms with Gasteiger partial charge in [-0.15, -0.1) is 0 Å². The van der Waals surface area contributed by atoms with Gasteiger partial charge in [-0.25, -0.2) is 0 Å². The highest BCUT2D eigenvalue weighted by atomic mass is 35.7. The van der Waals surface area contributed by atoms with Crippen molar-refractivity contribution in [2.45, 2.75) is 24.6 Å². The van der Waals surface area contributed by atoms with Crippen molar-refractivity contribution in [1.29, 1.82) is 0 Å². The number of halogens is 2. The molecule has 0 spiro atoms. The molecule has 0 aromatic heterocycles. The minimum atomic E-state index is -1.38. The van der Waals surface area contributed by atoms with Crippen LogP contribution in [0.15, 0.2) is 0 Å². The van der Waals surface area contributed by atoms with Gasteiger partial charge in [0, 0.05) is 5.25 Å². The molecule has 0 rings (SSSR count). The van der Waals surface area contributed by atoms with Crippen molar-refractivity contribution in [3.63, 3.8) is 0 Å². The van der Waals surface area contributed by atoms with Crippen molar-refractivity contribution >= 4 is 42.2 Å². The average Bonchev–Trinajstić information content (AvgIpc) is 1.65. The van der Waals surface area contributed by atoms with E-state index in [1.54, 1.807) is 0 Å². The molecule has 0 aliphatic carbocycles. The predicted octanol–water partition coefficient (Wildman–Crippen LogP) is 2.39. The van der Waals surface area contributed by atoms with E-state index in [0.717, 1.165) is 12.5 Å². The van der Waals surface area contributed by atoms with Crippen LogP contribution in [-0.2, 0) is 0 Å². The second-order valence-corrected chi connectivity index (χ2v) is 7.50. The SMILES string of the molecule is CCC(S)C[SiH](Cl)Cl. The largest absolute Gasteiger partial charge is 0.238 e. The van der Waals surface area contributed by atoms with Crippen LogP contribution < -0.4 is 0 Å². The zero-order valence-electron chi connectivity index (χ0n) is 4.77. The fourth-order valence-corrected chi connectivity index (χ4v) is 3.79. The number of hydrogen-bond acceptors (Lipinski definition) is 1. The Morgan fingerprint density at radius 3 is 2.25 bits per heavy atom. The Labute approximate surface area is 67.0 Å². The zero-order valence-corrected chi connectivity index (χ0v) is 8.33. The van der Waals surface area contributed by atoms with E-state index < -0.39 is 7.42 Å². The monoisotopic (exact) mass is 188 g/mol. The van der Waals surface area contributed by atoms with Crippen LogP contribution >= 0.6 is 34.8 Å². The molecular formula is C4H10Cl2SSi. The lowest BCUT2D eigenvalue weighted by Crippen LogP contribution is -2.03. The van der Waals surface area contributed by atoms with Crippen LogP contribution in [-0.4, -0.2) is 12.7 Å². The van der Waals surface area contributed by atoms with Crippen molar-refractivity contribution in [2.24, 2.45) is 0 Å². The molecule has 1 unspecified atom stereocenters. The summed E-state index contributed by atoms with van der Waals surface area (Å²) >= 11 is 15.4. The lowest BCUT2D eigenvalue weighted by molar-refractivity contribution is 0.909. The fourth-order valence-electron chi connectivity index (χ4n) is 0.372. The minimum Gasteiger partial charge on any atom is -0.176 e. The van der Waals surface area contributed by atoms with Gasteiger partial charge in [0.2, 0.25) is 7.42 Å². The van der Waals surface area contributed by atoms with E-state index >= 15 is 0 Å². The zero-order chi connectivity index (χ0) is 6.57. The average molecular weight is 189 g/mol. The molecule has 0 aromatic rings. The summed E-state index contributed by atoms with van der Waals surface area (Å²) in [7, 11) is -1.38. The van der Waals surface area contributed by atoms with Crippen molar-refractivity contribution in [3.8, 4) is 0 Å². The summed E-state index contributed by atoms with van der Waals surface area (Å²) in [6.45, 7) is 2.09. The van der Waals surface area contributed by atoms with Gasteiger partial charge >= 0.3 is 0 Å². The first-order valence-electron chi connectivity index (χ1n) is 2.63. The number of thiol groups is 1. The predicted molar refractivity (Wildman–Crippen MR) is 46.7 cm³/mol. The molecule has 0 amide bonds. The van der Waals surface area contributed by atoms with Crippen molar-refractivity contribution in [2.75, 3.05) is 0 Å². The Bertz CT molecular complexity index is 60.0. The van der Waals surface area contributed by atoms with Crippen LogP contribution in [0.5, 0.6) is 0 Å². The first kappa shape index (κ1) is 9.15. The van der Waals surface area contributed by atoms with Crippen molar-refractivity contribution < 1.29 is 0 Å². The van der Waals surface area contributed by atoms with Gasteiger partial charge in [0.15, 0.2) is 0 Å². The third-order valence-corrected chi connectivity index (χ3v) is 3.89. The van der Waals surface area contributed by atoms with Gasteiger partial charge in [-0.05, 0) is 12.5 Å². The maximum Gasteiger partial charge on any atom is 0.238 e. The topological polar surface area (TPSA) is 0 Å². The second-order valence-electron chi connectivity index (χ2n) is 1.69. The third kappa shape index (κ3) is 5.29. The maximum atomic E-state index is 5.61. The van der Waals surface area contributed by atoms with Gasteiger partial charge in [-0.1, -0.05) is 6.92 Å². The fraction of sp³-hybridized carbons (Fsp3) is 1.00. The van der Waals surface area contributed by atoms with E-state index in [4.69, 9.17) is 22.2 Å². The molecule has 50 valence electrons. The Kier molecular flexibility index (Phi) is 5.69. The summed E-state index contributed by atoms with van der Waals surface area (Å²) in [4.78, 5) is 0. The third-order valence-electron chi connectivity index (χ3n) is 0.921. The Hall–Kier alpha value is 1.15. The summed E-state index contributed by atoms with van der Waals surface area (Å²) in [5, 5.41) is 0.418. The van der Waals surface area contributed by atoms with E-state index in [2.05, 4.69) is 19.6 Å². The highest BCUT2D eigenvalue weighted by Crippen LogP contribution is 2.13. The molecule has 0 aliphatic rings. The van der Waals surface area contributed by atoms with Crippen LogP contribution in [0.2, 0.25) is 6.04 Å². The summed E-state index contributed by atoms with van der Waals surface area (Å²) < 4.78 is 0. The molecule has 0 bridgehead atoms. The van der Waals surface area contributed by atoms with E-state index in [-0.39, 0.29) is 0 Å². The molecular weight excluding hydrogens is 179 g/mol. The molecule has 0 aliphatic heterocycles. The summed E-state index contributed by atoms with van der Waals surface area (Å²) in [5.74, 6) is 0. The number of hydrogen-bond donors (Lipinski definition) is 1. The Balaban J connectivity index is 3.10. The van der Waals surface area contributed by atoms with E-state index in [9.17, 15) is 0 Å². The van der Waals surface area contributed by atoms with Crippen LogP contribution in [0.1, 0.15) is 13.3 Å². The number of rotatable bonds is 3. The van der Waals surface area contributed by atoms with Crippen molar-refractivity contribution in [3.05, 3.63) is 0 Å². The molecule has 4 heteroatoms. The van der Waals surface area contributed by atoms with Gasteiger partial charge in [-0.2, -0.15) is 34.8 Å². The second kappa shape index (κ2) is 4.97. The summed E-state index contributed by atoms with van der Waals surface area (Å²) in [6, 6.07) is 0.919. The molecule has 0 saturated heterocycles. The molecule has 1 atom stereocenters. The van der Waals surface area contributed by atoms with Crippen molar-refractivity contribution in [1.82, 2.24) is 0 Å². The van der Waals surface area contributed by atoms with Crippen LogP contribution in [0.4, 0.5) is 0 Å². The molecule has 0 N–H and O–H groups in total. The standard InChI is InChI=1S/C4H10Cl2SSi/c1-2-4(7)3-8(5)6/h4,7-8H,2-3H2,1H3. The summed E-state index contributed by atoms with van der Waals surface area (Å²) in [6.07, 6.45) is 1.06. The van der Waals surface area contributed by atoms with Gasteiger partial charge in [-0.3, -0.25) is 0 Å². The summed E-state index contributed by atoms with van der Waals surface area (Å²) in [5.41, 5.74) is 0. The first-order chi connectivity index (χ1) is 3.66. The van der Waals surface area contributed by atoms with Gasteiger partial charge in [0.25, 0.3) is 0 Å². The van der Waals surface area contributed by atoms with Crippen LogP contribution in [0, 0.1) is 0 Å². The molecule has 0 heterocycles. The first-order valence-corrected chi connectivity index (χ1v) is 7.45. The normalized spacial score (nSPS) is 14.6. The lowest BCUT2D eigenvalue weighted by Gasteiger charge is -2.04. The van der Waals surface area contributed by atoms with E-state index in [1.165, 1.54) is 0 Å². The maximum absolute atomic E-state index is 5.61. The molecule has 8 heavy (non-hydrogen) atoms. The minimum absolute atomic E-state index is 0.418. The quantitative estimate of drug-likeness (QED) is 0.393. The smallest absolute Gasteiger partial charge is 0.176 e. The highest BCUT2D eigenvalue weighted by molar-refractivity contribution is 7.81. The van der Waals surface area contributed by atoms with Gasteiger partial charge in [0.1, 0.15) is 0 Å². The van der Waals surface area contributed by atoms with E-state index in [0.29, 0.717) is 5.25 Å². The highest BCUT2D eigenvalue weighted by Gasteiger charge is 2.07. The van der Waals surface area contributed by atoms with E-state index in [1.807, 2.05) is 0 Å². The lowest BCUT2D eigenvalue weighted by atomic mass is 10.4. The van der Waals surface area contributed by atoms with Gasteiger partial charge in [0.05, 0.1) is 0 Å². The Morgan fingerprint density at radius 1 is 1.62 bits per heavy atom. The molecule has 0 fully saturated rings. The Morgan fingerprint density at radius 2 is 2.12 bits per heavy atom.